The summed E-state index contributed by atoms with van der Waals surface area (Å²) in [5, 5.41) is 6.23. The van der Waals surface area contributed by atoms with Gasteiger partial charge in [0.1, 0.15) is 5.82 Å². The zero-order valence-electron chi connectivity index (χ0n) is 15.6. The molecule has 3 aromatic carbocycles. The van der Waals surface area contributed by atoms with E-state index in [1.54, 1.807) is 42.5 Å². The maximum Gasteiger partial charge on any atom is 0.238 e. The van der Waals surface area contributed by atoms with Crippen LogP contribution in [-0.2, 0) is 10.0 Å². The fraction of sp³-hybridized carbons (Fsp3) is 0. The molecular formula is C21H13Cl2FN2O2S3. The number of sulfonamides is 1. The minimum Gasteiger partial charge on any atom is -0.229 e. The number of hydrogen-bond donors (Lipinski definition) is 1. The number of nitrogens with two attached hydrogens (primary N) is 1. The first kappa shape index (κ1) is 22.3. The Bertz CT molecular complexity index is 1340. The fourth-order valence-electron chi connectivity index (χ4n) is 2.83. The van der Waals surface area contributed by atoms with Crippen molar-refractivity contribution in [3.63, 3.8) is 0 Å². The Balaban J connectivity index is 1.79. The van der Waals surface area contributed by atoms with Crippen molar-refractivity contribution < 1.29 is 12.8 Å². The van der Waals surface area contributed by atoms with E-state index in [9.17, 15) is 12.8 Å². The summed E-state index contributed by atoms with van der Waals surface area (Å²) in [5.74, 6) is -0.338. The van der Waals surface area contributed by atoms with Crippen LogP contribution in [-0.4, -0.2) is 13.4 Å². The van der Waals surface area contributed by atoms with Gasteiger partial charge >= 0.3 is 0 Å². The summed E-state index contributed by atoms with van der Waals surface area (Å²) in [5.41, 5.74) is 2.15. The molecule has 1 heterocycles. The molecule has 0 saturated carbocycles. The lowest BCUT2D eigenvalue weighted by Gasteiger charge is -2.04. The Morgan fingerprint density at radius 3 is 2.06 bits per heavy atom. The van der Waals surface area contributed by atoms with Gasteiger partial charge in [0, 0.05) is 20.5 Å². The van der Waals surface area contributed by atoms with Crippen molar-refractivity contribution in [3.8, 4) is 21.7 Å². The molecule has 0 atom stereocenters. The van der Waals surface area contributed by atoms with Crippen LogP contribution >= 0.6 is 46.3 Å². The van der Waals surface area contributed by atoms with Gasteiger partial charge in [-0.25, -0.2) is 22.9 Å². The van der Waals surface area contributed by atoms with Gasteiger partial charge in [-0.15, -0.1) is 11.3 Å². The second-order valence-corrected chi connectivity index (χ2v) is 11.2. The van der Waals surface area contributed by atoms with Gasteiger partial charge in [-0.2, -0.15) is 0 Å². The normalized spacial score (nSPS) is 11.6. The molecule has 10 heteroatoms. The Morgan fingerprint density at radius 2 is 1.48 bits per heavy atom. The molecule has 2 N–H and O–H groups in total. The minimum absolute atomic E-state index is 0.0120. The number of aromatic nitrogens is 1. The topological polar surface area (TPSA) is 73.1 Å². The van der Waals surface area contributed by atoms with Crippen LogP contribution in [0.1, 0.15) is 0 Å². The average molecular weight is 511 g/mol. The van der Waals surface area contributed by atoms with Crippen LogP contribution in [0, 0.1) is 5.82 Å². The second-order valence-electron chi connectivity index (χ2n) is 6.44. The summed E-state index contributed by atoms with van der Waals surface area (Å²) in [7, 11) is -3.80. The van der Waals surface area contributed by atoms with Crippen LogP contribution < -0.4 is 5.14 Å². The predicted octanol–water partition coefficient (Wildman–Crippen LogP) is 6.72. The van der Waals surface area contributed by atoms with E-state index < -0.39 is 10.0 Å². The van der Waals surface area contributed by atoms with E-state index in [0.29, 0.717) is 21.3 Å². The molecule has 4 rings (SSSR count). The van der Waals surface area contributed by atoms with Crippen LogP contribution in [0.15, 0.2) is 80.9 Å². The summed E-state index contributed by atoms with van der Waals surface area (Å²) in [6.07, 6.45) is 0. The molecule has 0 aliphatic carbocycles. The highest BCUT2D eigenvalue weighted by Gasteiger charge is 2.17. The molecular weight excluding hydrogens is 498 g/mol. The van der Waals surface area contributed by atoms with Crippen molar-refractivity contribution in [3.05, 3.63) is 82.6 Å². The Morgan fingerprint density at radius 1 is 0.903 bits per heavy atom. The standard InChI is InChI=1S/C21H13Cl2FN2O2S3/c22-14-9-15(23)11-17(10-14)29-21-26-19(12-3-7-18(8-4-12)31(25,27)28)20(30-21)13-1-5-16(24)6-2-13/h1-11H,(H2,25,27,28). The largest absolute Gasteiger partial charge is 0.238 e. The molecule has 0 bridgehead atoms. The Labute approximate surface area is 196 Å². The first-order valence-electron chi connectivity index (χ1n) is 8.73. The number of halogens is 3. The summed E-state index contributed by atoms with van der Waals surface area (Å²) >= 11 is 15.0. The maximum atomic E-state index is 13.4. The summed E-state index contributed by atoms with van der Waals surface area (Å²) in [4.78, 5) is 6.40. The number of thiazole rings is 1. The molecule has 0 aliphatic rings. The number of hydrogen-bond acceptors (Lipinski definition) is 5. The van der Waals surface area contributed by atoms with Gasteiger partial charge in [-0.1, -0.05) is 59.2 Å². The number of nitrogens with zero attached hydrogens (tertiary/aromatic N) is 1. The van der Waals surface area contributed by atoms with Crippen molar-refractivity contribution >= 4 is 56.3 Å². The van der Waals surface area contributed by atoms with Crippen LogP contribution in [0.5, 0.6) is 0 Å². The van der Waals surface area contributed by atoms with Crippen molar-refractivity contribution in [2.24, 2.45) is 5.14 Å². The molecule has 158 valence electrons. The molecule has 0 spiro atoms. The van der Waals surface area contributed by atoms with E-state index >= 15 is 0 Å². The van der Waals surface area contributed by atoms with Gasteiger partial charge in [0.2, 0.25) is 10.0 Å². The van der Waals surface area contributed by atoms with Crippen LogP contribution in [0.3, 0.4) is 0 Å². The lowest BCUT2D eigenvalue weighted by Crippen LogP contribution is -2.11. The summed E-state index contributed by atoms with van der Waals surface area (Å²) in [6.45, 7) is 0. The van der Waals surface area contributed by atoms with Crippen molar-refractivity contribution in [1.82, 2.24) is 4.98 Å². The van der Waals surface area contributed by atoms with Gasteiger partial charge in [0.05, 0.1) is 15.5 Å². The molecule has 0 saturated heterocycles. The van der Waals surface area contributed by atoms with Gasteiger partial charge in [-0.05, 0) is 48.0 Å². The zero-order valence-corrected chi connectivity index (χ0v) is 19.5. The Kier molecular flexibility index (Phi) is 6.39. The average Bonchev–Trinajstić information content (AvgIpc) is 3.11. The first-order valence-corrected chi connectivity index (χ1v) is 12.7. The van der Waals surface area contributed by atoms with Crippen molar-refractivity contribution in [1.29, 1.82) is 0 Å². The third-order valence-electron chi connectivity index (χ3n) is 4.21. The summed E-state index contributed by atoms with van der Waals surface area (Å²) in [6, 6.07) is 17.5. The SMILES string of the molecule is NS(=O)(=O)c1ccc(-c2nc(Sc3cc(Cl)cc(Cl)c3)sc2-c2ccc(F)cc2)cc1. The number of benzene rings is 3. The number of primary sulfonamides is 1. The molecule has 1 aromatic heterocycles. The fourth-order valence-corrected chi connectivity index (χ4v) is 6.24. The molecule has 0 amide bonds. The first-order chi connectivity index (χ1) is 14.7. The molecule has 0 unspecified atom stereocenters. The highest BCUT2D eigenvalue weighted by molar-refractivity contribution is 8.01. The molecule has 0 fully saturated rings. The zero-order chi connectivity index (χ0) is 22.2. The minimum atomic E-state index is -3.80. The van der Waals surface area contributed by atoms with Crippen LogP contribution in [0.2, 0.25) is 10.0 Å². The van der Waals surface area contributed by atoms with E-state index in [2.05, 4.69) is 0 Å². The monoisotopic (exact) mass is 510 g/mol. The molecule has 31 heavy (non-hydrogen) atoms. The lowest BCUT2D eigenvalue weighted by molar-refractivity contribution is 0.598. The van der Waals surface area contributed by atoms with E-state index in [0.717, 1.165) is 19.7 Å². The third kappa shape index (κ3) is 5.28. The van der Waals surface area contributed by atoms with E-state index in [1.807, 2.05) is 0 Å². The Hall–Kier alpha value is -1.94. The van der Waals surface area contributed by atoms with Gasteiger partial charge < -0.3 is 0 Å². The van der Waals surface area contributed by atoms with E-state index in [-0.39, 0.29) is 10.7 Å². The highest BCUT2D eigenvalue weighted by Crippen LogP contribution is 2.43. The molecule has 0 radical (unpaired) electrons. The van der Waals surface area contributed by atoms with E-state index in [4.69, 9.17) is 33.3 Å². The van der Waals surface area contributed by atoms with Gasteiger partial charge in [0.25, 0.3) is 0 Å². The molecule has 4 nitrogen and oxygen atoms in total. The second kappa shape index (κ2) is 8.90. The third-order valence-corrected chi connectivity index (χ3v) is 7.71. The molecule has 4 aromatic rings. The van der Waals surface area contributed by atoms with Gasteiger partial charge in [0.15, 0.2) is 4.34 Å². The summed E-state index contributed by atoms with van der Waals surface area (Å²) < 4.78 is 37.3. The van der Waals surface area contributed by atoms with Crippen LogP contribution in [0.25, 0.3) is 21.7 Å². The highest BCUT2D eigenvalue weighted by atomic mass is 35.5. The van der Waals surface area contributed by atoms with Gasteiger partial charge in [-0.3, -0.25) is 0 Å². The maximum absolute atomic E-state index is 13.4. The quantitative estimate of drug-likeness (QED) is 0.323. The smallest absolute Gasteiger partial charge is 0.229 e. The lowest BCUT2D eigenvalue weighted by atomic mass is 10.1. The molecule has 0 aliphatic heterocycles. The van der Waals surface area contributed by atoms with Crippen molar-refractivity contribution in [2.45, 2.75) is 14.1 Å². The van der Waals surface area contributed by atoms with Crippen LogP contribution in [0.4, 0.5) is 4.39 Å². The van der Waals surface area contributed by atoms with E-state index in [1.165, 1.54) is 47.4 Å². The number of rotatable bonds is 5. The van der Waals surface area contributed by atoms with Crippen molar-refractivity contribution in [2.75, 3.05) is 0 Å². The predicted molar refractivity (Wildman–Crippen MR) is 125 cm³/mol.